The number of hydrogen-bond donors (Lipinski definition) is 1. The highest BCUT2D eigenvalue weighted by Gasteiger charge is 2.25. The molecular formula is C16H21ClN4O2. The number of carbonyl (C=O) groups is 1. The summed E-state index contributed by atoms with van der Waals surface area (Å²) in [6.07, 6.45) is 3.61. The van der Waals surface area contributed by atoms with E-state index < -0.39 is 0 Å². The number of hydrogen-bond acceptors (Lipinski definition) is 4. The zero-order valence-electron chi connectivity index (χ0n) is 12.8. The Bertz CT molecular complexity index is 616. The third-order valence-electron chi connectivity index (χ3n) is 3.81. The van der Waals surface area contributed by atoms with E-state index in [0.29, 0.717) is 38.3 Å². The van der Waals surface area contributed by atoms with Crippen LogP contribution < -0.4 is 5.73 Å². The van der Waals surface area contributed by atoms with E-state index in [1.54, 1.807) is 6.20 Å². The van der Waals surface area contributed by atoms with E-state index in [4.69, 9.17) is 10.5 Å². The van der Waals surface area contributed by atoms with Crippen LogP contribution in [0.3, 0.4) is 0 Å². The van der Waals surface area contributed by atoms with Crippen LogP contribution in [0, 0.1) is 0 Å². The van der Waals surface area contributed by atoms with Gasteiger partial charge in [-0.2, -0.15) is 5.10 Å². The third kappa shape index (κ3) is 4.31. The average Bonchev–Trinajstić information content (AvgIpc) is 3.07. The molecule has 6 nitrogen and oxygen atoms in total. The van der Waals surface area contributed by atoms with Crippen molar-refractivity contribution >= 4 is 18.3 Å². The van der Waals surface area contributed by atoms with Crippen LogP contribution in [0.4, 0.5) is 0 Å². The Labute approximate surface area is 141 Å². The van der Waals surface area contributed by atoms with Crippen LogP contribution in [0.25, 0.3) is 0 Å². The van der Waals surface area contributed by atoms with Gasteiger partial charge in [-0.3, -0.25) is 9.48 Å². The van der Waals surface area contributed by atoms with Crippen molar-refractivity contribution in [2.24, 2.45) is 5.73 Å². The summed E-state index contributed by atoms with van der Waals surface area (Å²) in [5.74, 6) is 0.0392. The molecule has 3 rings (SSSR count). The first kappa shape index (κ1) is 17.5. The number of nitrogens with zero attached hydrogens (tertiary/aromatic N) is 3. The second kappa shape index (κ2) is 8.10. The maximum absolute atomic E-state index is 12.6. The first-order chi connectivity index (χ1) is 10.8. The molecule has 0 saturated carbocycles. The predicted octanol–water partition coefficient (Wildman–Crippen LogP) is 1.30. The number of benzene rings is 1. The Kier molecular flexibility index (Phi) is 6.15. The van der Waals surface area contributed by atoms with E-state index >= 15 is 0 Å². The molecule has 2 aromatic rings. The van der Waals surface area contributed by atoms with E-state index in [-0.39, 0.29) is 24.4 Å². The van der Waals surface area contributed by atoms with Crippen molar-refractivity contribution in [3.63, 3.8) is 0 Å². The number of halogens is 1. The Hall–Kier alpha value is -1.89. The van der Waals surface area contributed by atoms with Crippen molar-refractivity contribution in [1.82, 2.24) is 14.7 Å². The van der Waals surface area contributed by atoms with Gasteiger partial charge in [0.25, 0.3) is 5.91 Å². The Morgan fingerprint density at radius 2 is 2.13 bits per heavy atom. The summed E-state index contributed by atoms with van der Waals surface area (Å²) < 4.78 is 7.56. The third-order valence-corrected chi connectivity index (χ3v) is 3.81. The van der Waals surface area contributed by atoms with E-state index in [0.717, 1.165) is 5.56 Å². The van der Waals surface area contributed by atoms with Gasteiger partial charge >= 0.3 is 0 Å². The number of nitrogens with two attached hydrogens (primary N) is 1. The van der Waals surface area contributed by atoms with Gasteiger partial charge in [0.1, 0.15) is 0 Å². The normalized spacial score (nSPS) is 17.6. The second-order valence-electron chi connectivity index (χ2n) is 5.37. The standard InChI is InChI=1S/C16H20N4O2.ClH/c17-10-13-2-4-14(5-3-13)16(21)19-8-9-22-15(11-19)12-20-7-1-6-18-20;/h1-7,15H,8-12,17H2;1H. The fourth-order valence-corrected chi connectivity index (χ4v) is 2.60. The van der Waals surface area contributed by atoms with Gasteiger partial charge in [-0.25, -0.2) is 0 Å². The molecular weight excluding hydrogens is 316 g/mol. The molecule has 1 aliphatic rings. The molecule has 1 fully saturated rings. The lowest BCUT2D eigenvalue weighted by atomic mass is 10.1. The molecule has 0 spiro atoms. The molecule has 0 radical (unpaired) electrons. The smallest absolute Gasteiger partial charge is 0.254 e. The van der Waals surface area contributed by atoms with E-state index in [1.165, 1.54) is 0 Å². The number of aromatic nitrogens is 2. The molecule has 23 heavy (non-hydrogen) atoms. The Morgan fingerprint density at radius 3 is 2.78 bits per heavy atom. The molecule has 1 saturated heterocycles. The lowest BCUT2D eigenvalue weighted by Crippen LogP contribution is -2.47. The molecule has 124 valence electrons. The summed E-state index contributed by atoms with van der Waals surface area (Å²) in [5, 5.41) is 4.18. The van der Waals surface area contributed by atoms with Crippen molar-refractivity contribution in [2.75, 3.05) is 19.7 Å². The Morgan fingerprint density at radius 1 is 1.35 bits per heavy atom. The Balaban J connectivity index is 0.00000192. The molecule has 2 N–H and O–H groups in total. The zero-order chi connectivity index (χ0) is 15.4. The summed E-state index contributed by atoms with van der Waals surface area (Å²) in [7, 11) is 0. The van der Waals surface area contributed by atoms with Gasteiger partial charge < -0.3 is 15.4 Å². The summed E-state index contributed by atoms with van der Waals surface area (Å²) in [5.41, 5.74) is 7.30. The van der Waals surface area contributed by atoms with Crippen molar-refractivity contribution in [1.29, 1.82) is 0 Å². The van der Waals surface area contributed by atoms with Crippen LogP contribution in [0.5, 0.6) is 0 Å². The van der Waals surface area contributed by atoms with E-state index in [9.17, 15) is 4.79 Å². The second-order valence-corrected chi connectivity index (χ2v) is 5.37. The SMILES string of the molecule is Cl.NCc1ccc(C(=O)N2CCOC(Cn3cccn3)C2)cc1. The van der Waals surface area contributed by atoms with Crippen molar-refractivity contribution < 1.29 is 9.53 Å². The van der Waals surface area contributed by atoms with Crippen molar-refractivity contribution in [3.05, 3.63) is 53.9 Å². The molecule has 0 bridgehead atoms. The monoisotopic (exact) mass is 336 g/mol. The van der Waals surface area contributed by atoms with E-state index in [2.05, 4.69) is 5.10 Å². The fraction of sp³-hybridized carbons (Fsp3) is 0.375. The highest BCUT2D eigenvalue weighted by atomic mass is 35.5. The van der Waals surface area contributed by atoms with Crippen molar-refractivity contribution in [3.8, 4) is 0 Å². The minimum absolute atomic E-state index is 0. The van der Waals surface area contributed by atoms with Crippen LogP contribution in [-0.4, -0.2) is 46.4 Å². The van der Waals surface area contributed by atoms with Gasteiger partial charge in [0.05, 0.1) is 19.3 Å². The lowest BCUT2D eigenvalue weighted by molar-refractivity contribution is -0.0299. The quantitative estimate of drug-likeness (QED) is 0.913. The minimum atomic E-state index is -0.0269. The molecule has 1 aromatic heterocycles. The summed E-state index contributed by atoms with van der Waals surface area (Å²) >= 11 is 0. The zero-order valence-corrected chi connectivity index (χ0v) is 13.6. The molecule has 2 heterocycles. The first-order valence-electron chi connectivity index (χ1n) is 7.43. The number of ether oxygens (including phenoxy) is 1. The average molecular weight is 337 g/mol. The van der Waals surface area contributed by atoms with Gasteiger partial charge in [0.15, 0.2) is 0 Å². The van der Waals surface area contributed by atoms with Gasteiger partial charge in [-0.05, 0) is 23.8 Å². The maximum atomic E-state index is 12.6. The van der Waals surface area contributed by atoms with Crippen LogP contribution in [0.15, 0.2) is 42.7 Å². The molecule has 1 amide bonds. The summed E-state index contributed by atoms with van der Waals surface area (Å²) in [6, 6.07) is 9.35. The number of amides is 1. The molecule has 1 atom stereocenters. The predicted molar refractivity (Wildman–Crippen MR) is 89.5 cm³/mol. The van der Waals surface area contributed by atoms with E-state index in [1.807, 2.05) is 46.1 Å². The number of carbonyl (C=O) groups excluding carboxylic acids is 1. The number of morpholine rings is 1. The van der Waals surface area contributed by atoms with Crippen LogP contribution in [-0.2, 0) is 17.8 Å². The minimum Gasteiger partial charge on any atom is -0.373 e. The van der Waals surface area contributed by atoms with Gasteiger partial charge in [-0.1, -0.05) is 12.1 Å². The van der Waals surface area contributed by atoms with Crippen LogP contribution >= 0.6 is 12.4 Å². The molecule has 0 aliphatic carbocycles. The molecule has 7 heteroatoms. The summed E-state index contributed by atoms with van der Waals surface area (Å²) in [4.78, 5) is 14.4. The highest BCUT2D eigenvalue weighted by molar-refractivity contribution is 5.94. The van der Waals surface area contributed by atoms with Crippen LogP contribution in [0.1, 0.15) is 15.9 Å². The lowest BCUT2D eigenvalue weighted by Gasteiger charge is -2.33. The number of rotatable bonds is 4. The largest absolute Gasteiger partial charge is 0.373 e. The fourth-order valence-electron chi connectivity index (χ4n) is 2.60. The van der Waals surface area contributed by atoms with Gasteiger partial charge in [-0.15, -0.1) is 12.4 Å². The van der Waals surface area contributed by atoms with Gasteiger partial charge in [0.2, 0.25) is 0 Å². The van der Waals surface area contributed by atoms with Crippen molar-refractivity contribution in [2.45, 2.75) is 19.2 Å². The molecule has 1 unspecified atom stereocenters. The maximum Gasteiger partial charge on any atom is 0.254 e. The van der Waals surface area contributed by atoms with Gasteiger partial charge in [0, 0.05) is 37.6 Å². The highest BCUT2D eigenvalue weighted by Crippen LogP contribution is 2.13. The first-order valence-corrected chi connectivity index (χ1v) is 7.43. The van der Waals surface area contributed by atoms with Crippen LogP contribution in [0.2, 0.25) is 0 Å². The summed E-state index contributed by atoms with van der Waals surface area (Å²) in [6.45, 7) is 2.89. The topological polar surface area (TPSA) is 73.4 Å². The molecule has 1 aliphatic heterocycles. The molecule has 1 aromatic carbocycles.